The van der Waals surface area contributed by atoms with Crippen LogP contribution < -0.4 is 10.1 Å². The first-order chi connectivity index (χ1) is 10.7. The number of carboxylic acid groups (broad SMARTS) is 1. The van der Waals surface area contributed by atoms with Crippen molar-refractivity contribution in [3.63, 3.8) is 0 Å². The van der Waals surface area contributed by atoms with E-state index in [-0.39, 0.29) is 6.10 Å². The molecule has 1 aromatic heterocycles. The molecule has 2 aromatic rings. The highest BCUT2D eigenvalue weighted by Gasteiger charge is 2.18. The smallest absolute Gasteiger partial charge is 0.409 e. The van der Waals surface area contributed by atoms with Gasteiger partial charge in [-0.25, -0.2) is 4.79 Å². The predicted molar refractivity (Wildman–Crippen MR) is 80.1 cm³/mol. The van der Waals surface area contributed by atoms with Crippen LogP contribution in [0.15, 0.2) is 30.6 Å². The summed E-state index contributed by atoms with van der Waals surface area (Å²) in [6.07, 6.45) is 3.98. The first-order valence-corrected chi connectivity index (χ1v) is 7.10. The van der Waals surface area contributed by atoms with Gasteiger partial charge in [0.1, 0.15) is 11.9 Å². The lowest BCUT2D eigenvalue weighted by atomic mass is 10.1. The maximum Gasteiger partial charge on any atom is 0.409 e. The Hall–Kier alpha value is -2.54. The number of carbonyl (C=O) groups is 1. The van der Waals surface area contributed by atoms with Gasteiger partial charge in [0.2, 0.25) is 0 Å². The topological polar surface area (TPSA) is 96.5 Å². The molecule has 1 aliphatic heterocycles. The lowest BCUT2D eigenvalue weighted by Crippen LogP contribution is -2.26. The molecule has 1 aromatic carbocycles. The van der Waals surface area contributed by atoms with E-state index in [2.05, 4.69) is 15.5 Å². The minimum absolute atomic E-state index is 0.0303. The molecule has 0 bridgehead atoms. The van der Waals surface area contributed by atoms with Crippen molar-refractivity contribution in [1.82, 2.24) is 10.2 Å². The Morgan fingerprint density at radius 2 is 2.18 bits per heavy atom. The Morgan fingerprint density at radius 1 is 1.36 bits per heavy atom. The molecule has 116 valence electrons. The summed E-state index contributed by atoms with van der Waals surface area (Å²) < 4.78 is 11.3. The number of hydrogen-bond acceptors (Lipinski definition) is 4. The van der Waals surface area contributed by atoms with Crippen molar-refractivity contribution >= 4 is 11.8 Å². The van der Waals surface area contributed by atoms with E-state index in [0.717, 1.165) is 24.0 Å². The number of nitrogens with zero attached hydrogens (tertiary/aromatic N) is 1. The Balaban J connectivity index is 1.87. The van der Waals surface area contributed by atoms with Gasteiger partial charge >= 0.3 is 6.09 Å². The van der Waals surface area contributed by atoms with Crippen molar-refractivity contribution < 1.29 is 19.4 Å². The van der Waals surface area contributed by atoms with Crippen LogP contribution in [0.5, 0.6) is 5.75 Å². The summed E-state index contributed by atoms with van der Waals surface area (Å²) in [4.78, 5) is 10.9. The quantitative estimate of drug-likeness (QED) is 0.807. The molecule has 7 nitrogen and oxygen atoms in total. The van der Waals surface area contributed by atoms with Crippen LogP contribution in [-0.2, 0) is 4.74 Å². The summed E-state index contributed by atoms with van der Waals surface area (Å²) in [5.74, 6) is 0.521. The molecule has 1 fully saturated rings. The van der Waals surface area contributed by atoms with Gasteiger partial charge in [0.05, 0.1) is 25.1 Å². The Bertz CT molecular complexity index is 636. The van der Waals surface area contributed by atoms with Gasteiger partial charge in [-0.3, -0.25) is 10.4 Å². The zero-order valence-corrected chi connectivity index (χ0v) is 11.9. The van der Waals surface area contributed by atoms with Crippen molar-refractivity contribution in [2.24, 2.45) is 0 Å². The molecule has 0 spiro atoms. The van der Waals surface area contributed by atoms with Crippen LogP contribution in [0, 0.1) is 0 Å². The fraction of sp³-hybridized carbons (Fsp3) is 0.333. The predicted octanol–water partition coefficient (Wildman–Crippen LogP) is 2.72. The summed E-state index contributed by atoms with van der Waals surface area (Å²) in [5.41, 5.74) is 2.26. The zero-order chi connectivity index (χ0) is 15.4. The number of nitrogens with one attached hydrogen (secondary N) is 2. The highest BCUT2D eigenvalue weighted by Crippen LogP contribution is 2.32. The van der Waals surface area contributed by atoms with Gasteiger partial charge in [-0.2, -0.15) is 5.10 Å². The average molecular weight is 303 g/mol. The van der Waals surface area contributed by atoms with E-state index in [1.165, 1.54) is 0 Å². The van der Waals surface area contributed by atoms with E-state index in [4.69, 9.17) is 14.6 Å². The normalized spacial score (nSPS) is 15.5. The van der Waals surface area contributed by atoms with Crippen molar-refractivity contribution in [3.8, 4) is 16.9 Å². The molecule has 22 heavy (non-hydrogen) atoms. The van der Waals surface area contributed by atoms with Gasteiger partial charge in [0.25, 0.3) is 0 Å². The summed E-state index contributed by atoms with van der Waals surface area (Å²) in [7, 11) is 0. The third-order valence-electron chi connectivity index (χ3n) is 3.52. The average Bonchev–Trinajstić information content (AvgIpc) is 3.04. The van der Waals surface area contributed by atoms with Crippen molar-refractivity contribution in [3.05, 3.63) is 30.6 Å². The molecule has 2 heterocycles. The van der Waals surface area contributed by atoms with Crippen molar-refractivity contribution in [2.75, 3.05) is 18.5 Å². The second kappa shape index (κ2) is 6.48. The second-order valence-electron chi connectivity index (χ2n) is 5.06. The van der Waals surface area contributed by atoms with Crippen LogP contribution in [0.4, 0.5) is 10.5 Å². The molecular formula is C15H17N3O4. The lowest BCUT2D eigenvalue weighted by molar-refractivity contribution is 0.0258. The first-order valence-electron chi connectivity index (χ1n) is 7.10. The number of ether oxygens (including phenoxy) is 2. The molecule has 0 aliphatic carbocycles. The summed E-state index contributed by atoms with van der Waals surface area (Å²) in [6, 6.07) is 5.35. The second-order valence-corrected chi connectivity index (χ2v) is 5.06. The van der Waals surface area contributed by atoms with Gasteiger partial charge in [0.15, 0.2) is 0 Å². The van der Waals surface area contributed by atoms with Crippen LogP contribution in [0.1, 0.15) is 12.8 Å². The molecule has 1 amide bonds. The minimum atomic E-state index is -1.12. The van der Waals surface area contributed by atoms with Gasteiger partial charge in [-0.15, -0.1) is 0 Å². The van der Waals surface area contributed by atoms with E-state index in [1.54, 1.807) is 18.5 Å². The molecule has 0 saturated carbocycles. The highest BCUT2D eigenvalue weighted by atomic mass is 16.5. The van der Waals surface area contributed by atoms with Gasteiger partial charge in [-0.05, 0) is 17.7 Å². The van der Waals surface area contributed by atoms with E-state index in [0.29, 0.717) is 24.7 Å². The van der Waals surface area contributed by atoms with E-state index in [1.807, 2.05) is 12.1 Å². The van der Waals surface area contributed by atoms with Crippen molar-refractivity contribution in [1.29, 1.82) is 0 Å². The fourth-order valence-corrected chi connectivity index (χ4v) is 2.40. The number of benzene rings is 1. The van der Waals surface area contributed by atoms with E-state index in [9.17, 15) is 4.79 Å². The number of aromatic nitrogens is 2. The molecule has 0 radical (unpaired) electrons. The fourth-order valence-electron chi connectivity index (χ4n) is 2.40. The SMILES string of the molecule is O=C(O)Nc1ccc(-c2cn[nH]c2)cc1OC1CCOCC1. The molecule has 3 N–H and O–H groups in total. The van der Waals surface area contributed by atoms with Crippen LogP contribution in [0.3, 0.4) is 0 Å². The number of rotatable bonds is 4. The van der Waals surface area contributed by atoms with Crippen LogP contribution in [0.25, 0.3) is 11.1 Å². The molecule has 1 saturated heterocycles. The maximum absolute atomic E-state index is 10.9. The minimum Gasteiger partial charge on any atom is -0.488 e. The Labute approximate surface area is 127 Å². The Kier molecular flexibility index (Phi) is 4.24. The third-order valence-corrected chi connectivity index (χ3v) is 3.52. The lowest BCUT2D eigenvalue weighted by Gasteiger charge is -2.24. The molecule has 0 atom stereocenters. The molecule has 7 heteroatoms. The largest absolute Gasteiger partial charge is 0.488 e. The molecular weight excluding hydrogens is 286 g/mol. The summed E-state index contributed by atoms with van der Waals surface area (Å²) >= 11 is 0. The summed E-state index contributed by atoms with van der Waals surface area (Å²) in [6.45, 7) is 1.32. The van der Waals surface area contributed by atoms with E-state index >= 15 is 0 Å². The number of anilines is 1. The maximum atomic E-state index is 10.9. The Morgan fingerprint density at radius 3 is 2.86 bits per heavy atom. The number of amides is 1. The van der Waals surface area contributed by atoms with Crippen molar-refractivity contribution in [2.45, 2.75) is 18.9 Å². The zero-order valence-electron chi connectivity index (χ0n) is 11.9. The van der Waals surface area contributed by atoms with Gasteiger partial charge < -0.3 is 14.6 Å². The molecule has 0 unspecified atom stereocenters. The summed E-state index contributed by atoms with van der Waals surface area (Å²) in [5, 5.41) is 18.0. The van der Waals surface area contributed by atoms with Gasteiger partial charge in [0, 0.05) is 24.6 Å². The molecule has 3 rings (SSSR count). The van der Waals surface area contributed by atoms with Gasteiger partial charge in [-0.1, -0.05) is 6.07 Å². The van der Waals surface area contributed by atoms with E-state index < -0.39 is 6.09 Å². The highest BCUT2D eigenvalue weighted by molar-refractivity contribution is 5.86. The van der Waals surface area contributed by atoms with Crippen LogP contribution >= 0.6 is 0 Å². The molecule has 1 aliphatic rings. The number of hydrogen-bond donors (Lipinski definition) is 3. The number of aromatic amines is 1. The van der Waals surface area contributed by atoms with Crippen LogP contribution in [-0.4, -0.2) is 40.7 Å². The van der Waals surface area contributed by atoms with Crippen LogP contribution in [0.2, 0.25) is 0 Å². The number of H-pyrrole nitrogens is 1. The standard InChI is InChI=1S/C15H17N3O4/c19-15(20)18-13-2-1-10(11-8-16-17-9-11)7-14(13)22-12-3-5-21-6-4-12/h1-2,7-9,12,18H,3-6H2,(H,16,17)(H,19,20). The first kappa shape index (κ1) is 14.4. The monoisotopic (exact) mass is 303 g/mol. The third kappa shape index (κ3) is 3.37.